The number of carbonyl (C=O) groups excluding carboxylic acids is 2. The van der Waals surface area contributed by atoms with E-state index in [1.165, 1.54) is 13.0 Å². The molecule has 0 spiro atoms. The topological polar surface area (TPSA) is 199 Å². The fourth-order valence-corrected chi connectivity index (χ4v) is 6.39. The van der Waals surface area contributed by atoms with Crippen LogP contribution in [0.5, 0.6) is 0 Å². The van der Waals surface area contributed by atoms with Gasteiger partial charge < -0.3 is 25.4 Å². The van der Waals surface area contributed by atoms with E-state index in [1.54, 1.807) is 6.92 Å². The molecule has 4 rings (SSSR count). The van der Waals surface area contributed by atoms with E-state index in [2.05, 4.69) is 15.0 Å². The van der Waals surface area contributed by atoms with Gasteiger partial charge in [-0.25, -0.2) is 35.3 Å². The molecule has 2 atom stereocenters. The Morgan fingerprint density at radius 2 is 1.00 bits per heavy atom. The summed E-state index contributed by atoms with van der Waals surface area (Å²) in [5, 5.41) is 24.2. The first-order valence-corrected chi connectivity index (χ1v) is 19.4. The zero-order chi connectivity index (χ0) is 46.1. The smallest absolute Gasteiger partial charge is 0.744 e. The first-order valence-electron chi connectivity index (χ1n) is 16.3. The van der Waals surface area contributed by atoms with Gasteiger partial charge in [0.25, 0.3) is 11.8 Å². The molecule has 13 nitrogen and oxygen atoms in total. The quantitative estimate of drug-likeness (QED) is 0.0608. The minimum Gasteiger partial charge on any atom is -0.744 e. The first kappa shape index (κ1) is 54.0. The van der Waals surface area contributed by atoms with Gasteiger partial charge in [0.05, 0.1) is 39.8 Å². The predicted octanol–water partition coefficient (Wildman–Crippen LogP) is 4.65. The van der Waals surface area contributed by atoms with Gasteiger partial charge in [-0.3, -0.25) is 9.59 Å². The largest absolute Gasteiger partial charge is 1.00 e. The van der Waals surface area contributed by atoms with Crippen molar-refractivity contribution in [3.05, 3.63) is 131 Å². The molecule has 0 radical (unpaired) electrons. The number of halogens is 8. The van der Waals surface area contributed by atoms with Crippen LogP contribution in [0.25, 0.3) is 9.69 Å². The summed E-state index contributed by atoms with van der Waals surface area (Å²) in [6.45, 7) is 17.2. The van der Waals surface area contributed by atoms with Crippen molar-refractivity contribution in [1.82, 2.24) is 0 Å². The van der Waals surface area contributed by atoms with Crippen molar-refractivity contribution in [3.8, 4) is 0 Å². The van der Waals surface area contributed by atoms with Crippen LogP contribution in [-0.2, 0) is 41.9 Å². The Bertz CT molecular complexity index is 2510. The molecular formula is C37H31F8N4NaO9S2. The van der Waals surface area contributed by atoms with E-state index in [4.69, 9.17) is 13.1 Å². The van der Waals surface area contributed by atoms with Crippen LogP contribution in [0.3, 0.4) is 0 Å². The molecule has 0 aromatic heterocycles. The maximum atomic E-state index is 13.0. The normalized spacial score (nSPS) is 13.4. The van der Waals surface area contributed by atoms with Crippen LogP contribution in [0.15, 0.2) is 94.7 Å². The van der Waals surface area contributed by atoms with E-state index in [0.29, 0.717) is 12.1 Å². The number of amides is 2. The molecule has 0 fully saturated rings. The van der Waals surface area contributed by atoms with Crippen LogP contribution >= 0.6 is 0 Å². The van der Waals surface area contributed by atoms with Crippen LogP contribution in [0.2, 0.25) is 0 Å². The Morgan fingerprint density at radius 1 is 0.656 bits per heavy atom. The summed E-state index contributed by atoms with van der Waals surface area (Å²) in [5.74, 6) is -4.42. The van der Waals surface area contributed by atoms with E-state index < -0.39 is 100 Å². The number of anilines is 2. The predicted molar refractivity (Wildman–Crippen MR) is 197 cm³/mol. The summed E-state index contributed by atoms with van der Waals surface area (Å²) < 4.78 is 158. The molecule has 0 saturated carbocycles. The van der Waals surface area contributed by atoms with E-state index in [1.807, 2.05) is 5.32 Å². The number of nitrogens with one attached hydrogen (secondary N) is 2. The second-order valence-corrected chi connectivity index (χ2v) is 16.0. The molecule has 0 aliphatic rings. The van der Waals surface area contributed by atoms with Crippen LogP contribution in [0.1, 0.15) is 38.3 Å². The number of hydrogen-bond acceptors (Lipinski definition) is 9. The Kier molecular flexibility index (Phi) is 18.8. The standard InChI is InChI=1S/C18H14F4N2O4S.C13H13F3N2O2.C6H5FO3S.Na/c1-17(26,10-29(27,28)13-6-3-11(19)4-7-13)16(25)24-12-5-8-15(23-2)14(9-12)18(20,21)22;1-4-12(2,20)11(19)18-8-5-6-10(17-3)9(7-8)13(14,15)16;7-5-1-3-6(4-2-5)11(8,9)10;/h3-9,26H,10H2,1H3,(H,24,25);5-7,20H,4H2,1-2H3,(H,18,19);1-4H,(H,8,9,10);/q;;;+1/p-1. The third-order valence-corrected chi connectivity index (χ3v) is 10.6. The Hall–Kier alpha value is -4.98. The molecule has 24 heteroatoms. The van der Waals surface area contributed by atoms with Gasteiger partial charge in [0, 0.05) is 11.4 Å². The molecule has 4 aromatic carbocycles. The van der Waals surface area contributed by atoms with Gasteiger partial charge >= 0.3 is 41.9 Å². The average molecular weight is 915 g/mol. The summed E-state index contributed by atoms with van der Waals surface area (Å²) in [4.78, 5) is 28.8. The molecule has 0 aliphatic heterocycles. The molecule has 0 heterocycles. The summed E-state index contributed by atoms with van der Waals surface area (Å²) in [7, 11) is -8.65. The number of nitrogens with zero attached hydrogens (tertiary/aromatic N) is 2. The Morgan fingerprint density at radius 3 is 1.31 bits per heavy atom. The zero-order valence-electron chi connectivity index (χ0n) is 32.0. The molecule has 0 bridgehead atoms. The first-order chi connectivity index (χ1) is 27.4. The number of hydrogen-bond donors (Lipinski definition) is 4. The maximum absolute atomic E-state index is 13.0. The van der Waals surface area contributed by atoms with Crippen LogP contribution in [-0.4, -0.2) is 60.4 Å². The third-order valence-electron chi connectivity index (χ3n) is 7.77. The van der Waals surface area contributed by atoms with Crippen LogP contribution in [0.4, 0.5) is 57.9 Å². The van der Waals surface area contributed by atoms with Gasteiger partial charge in [-0.2, -0.15) is 26.3 Å². The minimum atomic E-state index is -4.85. The SMILES string of the molecule is O=S(=O)([O-])c1ccc(F)cc1.[C-]#[N+]c1ccc(NC(=O)C(C)(O)CC)cc1C(F)(F)F.[C-]#[N+]c1ccc(NC(=O)C(C)(O)CS(=O)(=O)c2ccc(F)cc2)cc1C(F)(F)F.[Na+]. The second kappa shape index (κ2) is 21.2. The van der Waals surface area contributed by atoms with Gasteiger partial charge in [-0.05, 0) is 93.1 Å². The molecule has 0 saturated heterocycles. The monoisotopic (exact) mass is 914 g/mol. The molecule has 0 aliphatic carbocycles. The van der Waals surface area contributed by atoms with Gasteiger partial charge in [-0.15, -0.1) is 0 Å². The second-order valence-electron chi connectivity index (χ2n) is 12.6. The van der Waals surface area contributed by atoms with E-state index in [9.17, 15) is 76.3 Å². The molecule has 4 aromatic rings. The maximum Gasteiger partial charge on any atom is 1.00 e. The fraction of sp³-hybridized carbons (Fsp3) is 0.243. The summed E-state index contributed by atoms with van der Waals surface area (Å²) in [6, 6.07) is 12.6. The third kappa shape index (κ3) is 16.1. The van der Waals surface area contributed by atoms with Crippen LogP contribution in [0, 0.1) is 24.8 Å². The molecule has 2 unspecified atom stereocenters. The van der Waals surface area contributed by atoms with E-state index in [0.717, 1.165) is 73.7 Å². The summed E-state index contributed by atoms with van der Waals surface area (Å²) in [5.41, 5.74) is -8.32. The number of benzene rings is 4. The molecule has 2 amide bonds. The van der Waals surface area contributed by atoms with Gasteiger partial charge in [0.15, 0.2) is 26.8 Å². The van der Waals surface area contributed by atoms with Gasteiger partial charge in [0.1, 0.15) is 27.4 Å². The fourth-order valence-electron chi connectivity index (χ4n) is 4.33. The van der Waals surface area contributed by atoms with Crippen molar-refractivity contribution in [2.75, 3.05) is 16.4 Å². The summed E-state index contributed by atoms with van der Waals surface area (Å²) in [6.07, 6.45) is -9.42. The van der Waals surface area contributed by atoms with Crippen molar-refractivity contribution in [1.29, 1.82) is 0 Å². The Balaban J connectivity index is 0.000000502. The summed E-state index contributed by atoms with van der Waals surface area (Å²) >= 11 is 0. The molecular weight excluding hydrogens is 884 g/mol. The van der Waals surface area contributed by atoms with E-state index >= 15 is 0 Å². The number of alkyl halides is 6. The van der Waals surface area contributed by atoms with Crippen molar-refractivity contribution in [2.45, 2.75) is 60.5 Å². The van der Waals surface area contributed by atoms with Gasteiger partial charge in [0.2, 0.25) is 0 Å². The van der Waals surface area contributed by atoms with Crippen molar-refractivity contribution < 1.29 is 106 Å². The number of rotatable bonds is 9. The van der Waals surface area contributed by atoms with E-state index in [-0.39, 0.29) is 52.2 Å². The van der Waals surface area contributed by atoms with Crippen molar-refractivity contribution in [3.63, 3.8) is 0 Å². The molecule has 61 heavy (non-hydrogen) atoms. The number of sulfone groups is 1. The Labute approximate surface area is 366 Å². The van der Waals surface area contributed by atoms with Crippen molar-refractivity contribution >= 4 is 54.5 Å². The van der Waals surface area contributed by atoms with Crippen LogP contribution < -0.4 is 40.2 Å². The minimum absolute atomic E-state index is 0. The molecule has 4 N–H and O–H groups in total. The van der Waals surface area contributed by atoms with Crippen molar-refractivity contribution in [2.24, 2.45) is 0 Å². The molecule has 322 valence electrons. The zero-order valence-corrected chi connectivity index (χ0v) is 35.6. The number of aliphatic hydroxyl groups is 2. The van der Waals surface area contributed by atoms with Gasteiger partial charge in [-0.1, -0.05) is 19.1 Å². The number of carbonyl (C=O) groups is 2. The average Bonchev–Trinajstić information content (AvgIpc) is 3.14.